The molecule has 1 fully saturated rings. The van der Waals surface area contributed by atoms with Crippen LogP contribution < -0.4 is 4.90 Å². The molecule has 22 heavy (non-hydrogen) atoms. The number of rotatable bonds is 4. The summed E-state index contributed by atoms with van der Waals surface area (Å²) in [5.41, 5.74) is 1.13. The summed E-state index contributed by atoms with van der Waals surface area (Å²) in [4.78, 5) is 11.0. The minimum atomic E-state index is 0.552. The van der Waals surface area contributed by atoms with Gasteiger partial charge in [-0.1, -0.05) is 30.3 Å². The highest BCUT2D eigenvalue weighted by Crippen LogP contribution is 2.19. The van der Waals surface area contributed by atoms with Gasteiger partial charge in [0.05, 0.1) is 19.8 Å². The van der Waals surface area contributed by atoms with E-state index in [9.17, 15) is 0 Å². The third-order valence-electron chi connectivity index (χ3n) is 3.42. The van der Waals surface area contributed by atoms with Crippen LogP contribution in [-0.2, 0) is 11.3 Å². The van der Waals surface area contributed by atoms with E-state index in [-0.39, 0.29) is 0 Å². The van der Waals surface area contributed by atoms with Crippen molar-refractivity contribution in [3.05, 3.63) is 47.8 Å². The Labute approximate surface area is 129 Å². The van der Waals surface area contributed by atoms with Gasteiger partial charge in [0, 0.05) is 19.2 Å². The second kappa shape index (κ2) is 7.09. The lowest BCUT2D eigenvalue weighted by atomic mass is 10.2. The van der Waals surface area contributed by atoms with Gasteiger partial charge in [0.2, 0.25) is 0 Å². The van der Waals surface area contributed by atoms with E-state index in [1.54, 1.807) is 0 Å². The predicted molar refractivity (Wildman–Crippen MR) is 84.5 cm³/mol. The molecule has 6 nitrogen and oxygen atoms in total. The Morgan fingerprint density at radius 1 is 1.14 bits per heavy atom. The van der Waals surface area contributed by atoms with Crippen molar-refractivity contribution in [1.82, 2.24) is 9.97 Å². The summed E-state index contributed by atoms with van der Waals surface area (Å²) in [5, 5.41) is 8.46. The molecule has 0 aliphatic carbocycles. The van der Waals surface area contributed by atoms with E-state index in [0.29, 0.717) is 18.2 Å². The van der Waals surface area contributed by atoms with Gasteiger partial charge < -0.3 is 9.64 Å². The lowest BCUT2D eigenvalue weighted by molar-refractivity contribution is 0.122. The molecule has 1 aromatic carbocycles. The van der Waals surface area contributed by atoms with Gasteiger partial charge in [-0.2, -0.15) is 5.11 Å². The van der Waals surface area contributed by atoms with E-state index < -0.39 is 0 Å². The number of hydrogen-bond donors (Lipinski definition) is 0. The van der Waals surface area contributed by atoms with Crippen molar-refractivity contribution in [2.45, 2.75) is 13.5 Å². The summed E-state index contributed by atoms with van der Waals surface area (Å²) < 4.78 is 5.37. The number of hydrogen-bond acceptors (Lipinski definition) is 6. The number of benzene rings is 1. The summed E-state index contributed by atoms with van der Waals surface area (Å²) >= 11 is 0. The number of aromatic nitrogens is 2. The second-order valence-electron chi connectivity index (χ2n) is 5.12. The number of nitrogens with zero attached hydrogens (tertiary/aromatic N) is 5. The van der Waals surface area contributed by atoms with Crippen LogP contribution in [0.5, 0.6) is 0 Å². The summed E-state index contributed by atoms with van der Waals surface area (Å²) in [6, 6.07) is 11.9. The number of anilines is 1. The van der Waals surface area contributed by atoms with E-state index in [1.165, 1.54) is 0 Å². The van der Waals surface area contributed by atoms with Crippen molar-refractivity contribution >= 4 is 11.6 Å². The quantitative estimate of drug-likeness (QED) is 0.814. The second-order valence-corrected chi connectivity index (χ2v) is 5.12. The van der Waals surface area contributed by atoms with Gasteiger partial charge >= 0.3 is 0 Å². The first-order valence-corrected chi connectivity index (χ1v) is 7.41. The number of ether oxygens (including phenoxy) is 1. The number of aryl methyl sites for hydroxylation is 1. The van der Waals surface area contributed by atoms with Crippen LogP contribution in [0.25, 0.3) is 0 Å². The Kier molecular flexibility index (Phi) is 4.70. The summed E-state index contributed by atoms with van der Waals surface area (Å²) in [6.07, 6.45) is 0. The summed E-state index contributed by atoms with van der Waals surface area (Å²) in [6.45, 7) is 5.58. The standard InChI is InChI=1S/C16H19N5O/c1-13-18-15(20-17-12-14-5-3-2-4-6-14)11-16(19-13)21-7-9-22-10-8-21/h2-6,11H,7-10,12H2,1H3. The van der Waals surface area contributed by atoms with Crippen LogP contribution in [0, 0.1) is 6.92 Å². The molecule has 2 heterocycles. The molecule has 0 bridgehead atoms. The van der Waals surface area contributed by atoms with Gasteiger partial charge in [-0.15, -0.1) is 5.11 Å². The summed E-state index contributed by atoms with van der Waals surface area (Å²) in [5.74, 6) is 2.20. The molecule has 1 saturated heterocycles. The van der Waals surface area contributed by atoms with Gasteiger partial charge in [-0.05, 0) is 12.5 Å². The Hall–Kier alpha value is -2.34. The minimum absolute atomic E-state index is 0.552. The Morgan fingerprint density at radius 3 is 2.68 bits per heavy atom. The molecule has 0 N–H and O–H groups in total. The van der Waals surface area contributed by atoms with Crippen molar-refractivity contribution in [3.8, 4) is 0 Å². The van der Waals surface area contributed by atoms with E-state index in [0.717, 1.165) is 37.7 Å². The zero-order valence-corrected chi connectivity index (χ0v) is 12.6. The van der Waals surface area contributed by atoms with Crippen molar-refractivity contribution in [1.29, 1.82) is 0 Å². The molecule has 114 valence electrons. The first kappa shape index (κ1) is 14.6. The molecule has 2 aromatic rings. The fourth-order valence-electron chi connectivity index (χ4n) is 2.32. The largest absolute Gasteiger partial charge is 0.378 e. The number of azo groups is 1. The van der Waals surface area contributed by atoms with Gasteiger partial charge in [0.1, 0.15) is 11.6 Å². The van der Waals surface area contributed by atoms with Crippen molar-refractivity contribution < 1.29 is 4.74 Å². The van der Waals surface area contributed by atoms with Crippen LogP contribution in [-0.4, -0.2) is 36.3 Å². The fraction of sp³-hybridized carbons (Fsp3) is 0.375. The molecule has 1 aliphatic rings. The Bertz CT molecular complexity index is 638. The van der Waals surface area contributed by atoms with Crippen molar-refractivity contribution in [2.75, 3.05) is 31.2 Å². The lowest BCUT2D eigenvalue weighted by Gasteiger charge is -2.27. The first-order valence-electron chi connectivity index (χ1n) is 7.41. The maximum absolute atomic E-state index is 5.37. The average Bonchev–Trinajstić information content (AvgIpc) is 2.56. The zero-order chi connectivity index (χ0) is 15.2. The Morgan fingerprint density at radius 2 is 1.91 bits per heavy atom. The van der Waals surface area contributed by atoms with Crippen molar-refractivity contribution in [2.24, 2.45) is 10.2 Å². The Balaban J connectivity index is 1.71. The van der Waals surface area contributed by atoms with E-state index >= 15 is 0 Å². The highest BCUT2D eigenvalue weighted by Gasteiger charge is 2.13. The van der Waals surface area contributed by atoms with Crippen LogP contribution in [0.1, 0.15) is 11.4 Å². The maximum atomic E-state index is 5.37. The van der Waals surface area contributed by atoms with Gasteiger partial charge in [-0.25, -0.2) is 9.97 Å². The molecular formula is C16H19N5O. The first-order chi connectivity index (χ1) is 10.8. The van der Waals surface area contributed by atoms with E-state index in [4.69, 9.17) is 4.74 Å². The molecule has 6 heteroatoms. The lowest BCUT2D eigenvalue weighted by Crippen LogP contribution is -2.36. The van der Waals surface area contributed by atoms with Crippen LogP contribution in [0.3, 0.4) is 0 Å². The smallest absolute Gasteiger partial charge is 0.179 e. The fourth-order valence-corrected chi connectivity index (χ4v) is 2.32. The molecule has 0 unspecified atom stereocenters. The molecular weight excluding hydrogens is 278 g/mol. The molecule has 1 aromatic heterocycles. The molecule has 3 rings (SSSR count). The molecule has 0 saturated carbocycles. The molecule has 0 amide bonds. The molecule has 0 spiro atoms. The maximum Gasteiger partial charge on any atom is 0.179 e. The van der Waals surface area contributed by atoms with Crippen LogP contribution >= 0.6 is 0 Å². The van der Waals surface area contributed by atoms with E-state index in [1.807, 2.05) is 43.3 Å². The molecule has 0 radical (unpaired) electrons. The van der Waals surface area contributed by atoms with Crippen LogP contribution in [0.2, 0.25) is 0 Å². The third kappa shape index (κ3) is 3.85. The number of morpholine rings is 1. The van der Waals surface area contributed by atoms with Crippen LogP contribution in [0.4, 0.5) is 11.6 Å². The highest BCUT2D eigenvalue weighted by molar-refractivity contribution is 5.46. The van der Waals surface area contributed by atoms with Crippen molar-refractivity contribution in [3.63, 3.8) is 0 Å². The van der Waals surface area contributed by atoms with Crippen LogP contribution in [0.15, 0.2) is 46.6 Å². The SMILES string of the molecule is Cc1nc(N=NCc2ccccc2)cc(N2CCOCC2)n1. The zero-order valence-electron chi connectivity index (χ0n) is 12.6. The minimum Gasteiger partial charge on any atom is -0.378 e. The van der Waals surface area contributed by atoms with Gasteiger partial charge in [0.25, 0.3) is 0 Å². The average molecular weight is 297 g/mol. The topological polar surface area (TPSA) is 63.0 Å². The normalized spacial score (nSPS) is 15.4. The summed E-state index contributed by atoms with van der Waals surface area (Å²) in [7, 11) is 0. The van der Waals surface area contributed by atoms with Gasteiger partial charge in [-0.3, -0.25) is 0 Å². The third-order valence-corrected chi connectivity index (χ3v) is 3.42. The molecule has 0 atom stereocenters. The molecule has 1 aliphatic heterocycles. The predicted octanol–water partition coefficient (Wildman–Crippen LogP) is 2.91. The van der Waals surface area contributed by atoms with Gasteiger partial charge in [0.15, 0.2) is 5.82 Å². The highest BCUT2D eigenvalue weighted by atomic mass is 16.5. The van der Waals surface area contributed by atoms with E-state index in [2.05, 4.69) is 25.1 Å². The monoisotopic (exact) mass is 297 g/mol.